The molecule has 5 nitrogen and oxygen atoms in total. The van der Waals surface area contributed by atoms with Gasteiger partial charge in [-0.1, -0.05) is 0 Å². The van der Waals surface area contributed by atoms with Crippen LogP contribution < -0.4 is 5.73 Å². The summed E-state index contributed by atoms with van der Waals surface area (Å²) in [5.74, 6) is -0.410. The zero-order valence-corrected chi connectivity index (χ0v) is 7.99. The standard InChI is InChI=1S/C8H15N3O2/c1-10(2)8(13)11-5-3-4-6(11)7(9)12/h6H,3-5H2,1-2H3,(H2,9,12). The minimum absolute atomic E-state index is 0.138. The predicted molar refractivity (Wildman–Crippen MR) is 48.0 cm³/mol. The van der Waals surface area contributed by atoms with Crippen LogP contribution in [0.4, 0.5) is 4.79 Å². The molecule has 74 valence electrons. The Morgan fingerprint density at radius 1 is 1.46 bits per heavy atom. The molecular weight excluding hydrogens is 170 g/mol. The zero-order chi connectivity index (χ0) is 10.0. The van der Waals surface area contributed by atoms with Gasteiger partial charge in [0.15, 0.2) is 0 Å². The summed E-state index contributed by atoms with van der Waals surface area (Å²) in [6.45, 7) is 0.630. The predicted octanol–water partition coefficient (Wildman–Crippen LogP) is -0.382. The average molecular weight is 185 g/mol. The molecule has 13 heavy (non-hydrogen) atoms. The number of nitrogens with two attached hydrogens (primary N) is 1. The van der Waals surface area contributed by atoms with Crippen molar-refractivity contribution in [3.05, 3.63) is 0 Å². The fourth-order valence-electron chi connectivity index (χ4n) is 1.55. The summed E-state index contributed by atoms with van der Waals surface area (Å²) in [5, 5.41) is 0. The first-order valence-electron chi connectivity index (χ1n) is 4.31. The molecule has 0 radical (unpaired) electrons. The molecule has 0 saturated carbocycles. The van der Waals surface area contributed by atoms with E-state index in [0.29, 0.717) is 13.0 Å². The number of carbonyl (C=O) groups excluding carboxylic acids is 2. The maximum atomic E-state index is 11.5. The van der Waals surface area contributed by atoms with Crippen LogP contribution in [0.5, 0.6) is 0 Å². The lowest BCUT2D eigenvalue weighted by atomic mass is 10.2. The van der Waals surface area contributed by atoms with Gasteiger partial charge in [-0.3, -0.25) is 4.79 Å². The number of carbonyl (C=O) groups is 2. The van der Waals surface area contributed by atoms with E-state index in [1.165, 1.54) is 9.80 Å². The Labute approximate surface area is 77.5 Å². The van der Waals surface area contributed by atoms with E-state index in [-0.39, 0.29) is 6.03 Å². The van der Waals surface area contributed by atoms with Crippen LogP contribution in [0.3, 0.4) is 0 Å². The second-order valence-electron chi connectivity index (χ2n) is 3.43. The van der Waals surface area contributed by atoms with E-state index in [1.54, 1.807) is 14.1 Å². The van der Waals surface area contributed by atoms with Crippen LogP contribution in [0.2, 0.25) is 0 Å². The molecule has 0 bridgehead atoms. The lowest BCUT2D eigenvalue weighted by Crippen LogP contribution is -2.47. The molecule has 1 aliphatic rings. The third-order valence-electron chi connectivity index (χ3n) is 2.21. The first-order chi connectivity index (χ1) is 6.04. The van der Waals surface area contributed by atoms with Crippen LogP contribution in [0, 0.1) is 0 Å². The van der Waals surface area contributed by atoms with E-state index in [0.717, 1.165) is 6.42 Å². The molecule has 1 unspecified atom stereocenters. The van der Waals surface area contributed by atoms with Crippen molar-refractivity contribution in [2.24, 2.45) is 5.73 Å². The van der Waals surface area contributed by atoms with E-state index in [4.69, 9.17) is 5.73 Å². The van der Waals surface area contributed by atoms with Crippen molar-refractivity contribution in [1.82, 2.24) is 9.80 Å². The SMILES string of the molecule is CN(C)C(=O)N1CCCC1C(N)=O. The molecule has 0 aliphatic carbocycles. The van der Waals surface area contributed by atoms with Crippen molar-refractivity contribution in [3.8, 4) is 0 Å². The largest absolute Gasteiger partial charge is 0.368 e. The lowest BCUT2D eigenvalue weighted by molar-refractivity contribution is -0.121. The Bertz CT molecular complexity index is 227. The highest BCUT2D eigenvalue weighted by Crippen LogP contribution is 2.17. The fraction of sp³-hybridized carbons (Fsp3) is 0.750. The molecule has 1 atom stereocenters. The molecule has 0 spiro atoms. The Hall–Kier alpha value is -1.26. The highest BCUT2D eigenvalue weighted by Gasteiger charge is 2.33. The van der Waals surface area contributed by atoms with Gasteiger partial charge < -0.3 is 15.5 Å². The number of hydrogen-bond acceptors (Lipinski definition) is 2. The molecule has 5 heteroatoms. The molecule has 3 amide bonds. The summed E-state index contributed by atoms with van der Waals surface area (Å²) >= 11 is 0. The maximum absolute atomic E-state index is 11.5. The topological polar surface area (TPSA) is 66.6 Å². The van der Waals surface area contributed by atoms with Gasteiger partial charge in [-0.25, -0.2) is 4.79 Å². The van der Waals surface area contributed by atoms with Crippen LogP contribution >= 0.6 is 0 Å². The van der Waals surface area contributed by atoms with Gasteiger partial charge in [-0.15, -0.1) is 0 Å². The van der Waals surface area contributed by atoms with Gasteiger partial charge in [-0.2, -0.15) is 0 Å². The smallest absolute Gasteiger partial charge is 0.320 e. The Kier molecular flexibility index (Phi) is 2.75. The van der Waals surface area contributed by atoms with Gasteiger partial charge in [0.2, 0.25) is 5.91 Å². The molecule has 1 aliphatic heterocycles. The van der Waals surface area contributed by atoms with Crippen molar-refractivity contribution in [2.45, 2.75) is 18.9 Å². The van der Waals surface area contributed by atoms with Gasteiger partial charge in [0, 0.05) is 20.6 Å². The third kappa shape index (κ3) is 1.91. The summed E-state index contributed by atoms with van der Waals surface area (Å²) in [6, 6.07) is -0.545. The van der Waals surface area contributed by atoms with Gasteiger partial charge in [-0.05, 0) is 12.8 Å². The molecule has 0 aromatic carbocycles. The van der Waals surface area contributed by atoms with Crippen LogP contribution in [-0.2, 0) is 4.79 Å². The molecule has 0 aromatic rings. The quantitative estimate of drug-likeness (QED) is 0.605. The van der Waals surface area contributed by atoms with E-state index in [2.05, 4.69) is 0 Å². The van der Waals surface area contributed by atoms with Crippen LogP contribution in [-0.4, -0.2) is 48.4 Å². The Balaban J connectivity index is 2.68. The molecular formula is C8H15N3O2. The van der Waals surface area contributed by atoms with E-state index < -0.39 is 11.9 Å². The number of primary amides is 1. The van der Waals surface area contributed by atoms with E-state index >= 15 is 0 Å². The van der Waals surface area contributed by atoms with Crippen molar-refractivity contribution in [3.63, 3.8) is 0 Å². The lowest BCUT2D eigenvalue weighted by Gasteiger charge is -2.25. The first kappa shape index (κ1) is 9.83. The summed E-state index contributed by atoms with van der Waals surface area (Å²) in [7, 11) is 3.33. The summed E-state index contributed by atoms with van der Waals surface area (Å²) < 4.78 is 0. The number of nitrogens with zero attached hydrogens (tertiary/aromatic N) is 2. The number of hydrogen-bond donors (Lipinski definition) is 1. The summed E-state index contributed by atoms with van der Waals surface area (Å²) in [4.78, 5) is 25.4. The van der Waals surface area contributed by atoms with Gasteiger partial charge in [0.1, 0.15) is 6.04 Å². The molecule has 0 aromatic heterocycles. The highest BCUT2D eigenvalue weighted by molar-refractivity contribution is 5.86. The fourth-order valence-corrected chi connectivity index (χ4v) is 1.55. The Morgan fingerprint density at radius 2 is 2.08 bits per heavy atom. The summed E-state index contributed by atoms with van der Waals surface area (Å²) in [5.41, 5.74) is 5.17. The number of urea groups is 1. The van der Waals surface area contributed by atoms with Gasteiger partial charge in [0.25, 0.3) is 0 Å². The molecule has 2 N–H and O–H groups in total. The maximum Gasteiger partial charge on any atom is 0.320 e. The minimum atomic E-state index is -0.410. The molecule has 1 heterocycles. The van der Waals surface area contributed by atoms with Gasteiger partial charge >= 0.3 is 6.03 Å². The average Bonchev–Trinajstić information content (AvgIpc) is 2.50. The van der Waals surface area contributed by atoms with Crippen LogP contribution in [0.25, 0.3) is 0 Å². The number of rotatable bonds is 1. The third-order valence-corrected chi connectivity index (χ3v) is 2.21. The van der Waals surface area contributed by atoms with Crippen molar-refractivity contribution < 1.29 is 9.59 Å². The second kappa shape index (κ2) is 3.64. The van der Waals surface area contributed by atoms with Gasteiger partial charge in [0.05, 0.1) is 0 Å². The zero-order valence-electron chi connectivity index (χ0n) is 7.99. The molecule has 1 rings (SSSR count). The summed E-state index contributed by atoms with van der Waals surface area (Å²) in [6.07, 6.45) is 1.54. The number of amides is 3. The minimum Gasteiger partial charge on any atom is -0.368 e. The van der Waals surface area contributed by atoms with Crippen molar-refractivity contribution in [2.75, 3.05) is 20.6 Å². The second-order valence-corrected chi connectivity index (χ2v) is 3.43. The van der Waals surface area contributed by atoms with Crippen molar-refractivity contribution in [1.29, 1.82) is 0 Å². The van der Waals surface area contributed by atoms with Crippen molar-refractivity contribution >= 4 is 11.9 Å². The number of likely N-dealkylation sites (tertiary alicyclic amines) is 1. The van der Waals surface area contributed by atoms with Crippen LogP contribution in [0.1, 0.15) is 12.8 Å². The monoisotopic (exact) mass is 185 g/mol. The molecule has 1 saturated heterocycles. The van der Waals surface area contributed by atoms with Crippen LogP contribution in [0.15, 0.2) is 0 Å². The first-order valence-corrected chi connectivity index (χ1v) is 4.31. The highest BCUT2D eigenvalue weighted by atomic mass is 16.2. The normalized spacial score (nSPS) is 21.7. The molecule has 1 fully saturated rings. The van der Waals surface area contributed by atoms with E-state index in [9.17, 15) is 9.59 Å². The Morgan fingerprint density at radius 3 is 2.54 bits per heavy atom. The van der Waals surface area contributed by atoms with E-state index in [1.807, 2.05) is 0 Å².